The number of aliphatic imine (C=N–C) groups is 1. The van der Waals surface area contributed by atoms with Gasteiger partial charge in [-0.05, 0) is 6.08 Å². The molecule has 0 bridgehead atoms. The SMILES string of the molecule is N=CC1=C2N=CC=C2N=N1. The quantitative estimate of drug-likeness (QED) is 0.522. The molecule has 0 spiro atoms. The van der Waals surface area contributed by atoms with Crippen LogP contribution >= 0.6 is 0 Å². The van der Waals surface area contributed by atoms with Crippen molar-refractivity contribution in [2.24, 2.45) is 15.2 Å². The van der Waals surface area contributed by atoms with Crippen LogP contribution in [0, 0.1) is 5.41 Å². The number of nitrogens with one attached hydrogen (secondary N) is 1. The third-order valence-electron chi connectivity index (χ3n) is 1.32. The number of allylic oxidation sites excluding steroid dienone is 2. The Morgan fingerprint density at radius 2 is 2.30 bits per heavy atom. The number of fused-ring (bicyclic) bond motifs is 1. The number of azo groups is 1. The molecule has 1 N–H and O–H groups in total. The van der Waals surface area contributed by atoms with Gasteiger partial charge in [0.25, 0.3) is 0 Å². The maximum Gasteiger partial charge on any atom is 0.131 e. The van der Waals surface area contributed by atoms with E-state index < -0.39 is 0 Å². The van der Waals surface area contributed by atoms with Crippen molar-refractivity contribution in [2.45, 2.75) is 0 Å². The standard InChI is InChI=1S/C6H4N4/c7-3-5-6-4(9-10-5)1-2-8-6/h1-3,7H. The lowest BCUT2D eigenvalue weighted by molar-refractivity contribution is 1.21. The first kappa shape index (κ1) is 5.22. The van der Waals surface area contributed by atoms with E-state index >= 15 is 0 Å². The van der Waals surface area contributed by atoms with E-state index in [0.29, 0.717) is 5.70 Å². The Morgan fingerprint density at radius 3 is 3.10 bits per heavy atom. The summed E-state index contributed by atoms with van der Waals surface area (Å²) >= 11 is 0. The highest BCUT2D eigenvalue weighted by molar-refractivity contribution is 5.86. The van der Waals surface area contributed by atoms with Gasteiger partial charge in [-0.3, -0.25) is 4.99 Å². The van der Waals surface area contributed by atoms with Crippen molar-refractivity contribution in [2.75, 3.05) is 0 Å². The van der Waals surface area contributed by atoms with Gasteiger partial charge >= 0.3 is 0 Å². The Hall–Kier alpha value is -1.58. The van der Waals surface area contributed by atoms with Gasteiger partial charge in [0, 0.05) is 12.4 Å². The topological polar surface area (TPSA) is 60.9 Å². The summed E-state index contributed by atoms with van der Waals surface area (Å²) in [5.74, 6) is 0. The summed E-state index contributed by atoms with van der Waals surface area (Å²) in [5, 5.41) is 14.4. The average Bonchev–Trinajstić information content (AvgIpc) is 2.44. The Labute approximate surface area is 57.2 Å². The summed E-state index contributed by atoms with van der Waals surface area (Å²) < 4.78 is 0. The number of rotatable bonds is 1. The Bertz CT molecular complexity index is 306. The summed E-state index contributed by atoms with van der Waals surface area (Å²) in [6.07, 6.45) is 4.59. The van der Waals surface area contributed by atoms with E-state index in [1.807, 2.05) is 0 Å². The van der Waals surface area contributed by atoms with Crippen LogP contribution in [0.2, 0.25) is 0 Å². The van der Waals surface area contributed by atoms with Crippen molar-refractivity contribution >= 4 is 12.4 Å². The minimum Gasteiger partial charge on any atom is -0.306 e. The normalized spacial score (nSPS) is 19.8. The van der Waals surface area contributed by atoms with Crippen LogP contribution < -0.4 is 0 Å². The molecule has 2 rings (SSSR count). The third-order valence-corrected chi connectivity index (χ3v) is 1.32. The Balaban J connectivity index is 2.59. The van der Waals surface area contributed by atoms with E-state index in [1.165, 1.54) is 0 Å². The number of hydrogen-bond donors (Lipinski definition) is 1. The van der Waals surface area contributed by atoms with Crippen molar-refractivity contribution < 1.29 is 0 Å². The van der Waals surface area contributed by atoms with Gasteiger partial charge in [0.1, 0.15) is 17.1 Å². The molecule has 0 saturated carbocycles. The van der Waals surface area contributed by atoms with Crippen molar-refractivity contribution in [1.29, 1.82) is 5.41 Å². The molecule has 0 aromatic carbocycles. The van der Waals surface area contributed by atoms with Gasteiger partial charge in [0.15, 0.2) is 0 Å². The van der Waals surface area contributed by atoms with E-state index in [4.69, 9.17) is 5.41 Å². The van der Waals surface area contributed by atoms with Gasteiger partial charge in [-0.15, -0.1) is 10.2 Å². The largest absolute Gasteiger partial charge is 0.306 e. The fourth-order valence-electron chi connectivity index (χ4n) is 0.858. The predicted molar refractivity (Wildman–Crippen MR) is 37.2 cm³/mol. The van der Waals surface area contributed by atoms with Crippen LogP contribution in [0.4, 0.5) is 0 Å². The van der Waals surface area contributed by atoms with E-state index in [0.717, 1.165) is 17.6 Å². The van der Waals surface area contributed by atoms with Crippen LogP contribution in [0.5, 0.6) is 0 Å². The van der Waals surface area contributed by atoms with E-state index in [1.54, 1.807) is 12.3 Å². The molecule has 0 aromatic heterocycles. The van der Waals surface area contributed by atoms with Crippen LogP contribution in [-0.2, 0) is 0 Å². The monoisotopic (exact) mass is 132 g/mol. The number of hydrogen-bond acceptors (Lipinski definition) is 4. The first-order valence-electron chi connectivity index (χ1n) is 2.83. The summed E-state index contributed by atoms with van der Waals surface area (Å²) in [5.41, 5.74) is 2.02. The Morgan fingerprint density at radius 1 is 1.40 bits per heavy atom. The second-order valence-electron chi connectivity index (χ2n) is 1.91. The average molecular weight is 132 g/mol. The second-order valence-corrected chi connectivity index (χ2v) is 1.91. The molecule has 0 amide bonds. The summed E-state index contributed by atoms with van der Waals surface area (Å²) in [6.45, 7) is 0. The molecule has 2 aliphatic heterocycles. The molecule has 48 valence electrons. The molecule has 0 fully saturated rings. The van der Waals surface area contributed by atoms with Gasteiger partial charge in [-0.25, -0.2) is 0 Å². The summed E-state index contributed by atoms with van der Waals surface area (Å²) in [7, 11) is 0. The molecule has 4 nitrogen and oxygen atoms in total. The zero-order chi connectivity index (χ0) is 6.97. The molecular formula is C6H4N4. The molecule has 0 radical (unpaired) electrons. The fourth-order valence-corrected chi connectivity index (χ4v) is 0.858. The van der Waals surface area contributed by atoms with E-state index in [-0.39, 0.29) is 0 Å². The minimum atomic E-state index is 0.542. The highest BCUT2D eigenvalue weighted by Crippen LogP contribution is 2.27. The molecule has 4 heteroatoms. The first-order chi connectivity index (χ1) is 4.92. The van der Waals surface area contributed by atoms with Gasteiger partial charge in [0.2, 0.25) is 0 Å². The number of nitrogens with zero attached hydrogens (tertiary/aromatic N) is 3. The van der Waals surface area contributed by atoms with Crippen LogP contribution in [0.25, 0.3) is 0 Å². The summed E-state index contributed by atoms with van der Waals surface area (Å²) in [6, 6.07) is 0. The Kier molecular flexibility index (Phi) is 0.887. The van der Waals surface area contributed by atoms with Crippen LogP contribution in [0.3, 0.4) is 0 Å². The van der Waals surface area contributed by atoms with Crippen LogP contribution in [0.15, 0.2) is 38.4 Å². The van der Waals surface area contributed by atoms with Crippen molar-refractivity contribution in [1.82, 2.24) is 0 Å². The zero-order valence-electron chi connectivity index (χ0n) is 5.07. The molecule has 2 aliphatic rings. The molecule has 0 atom stereocenters. The zero-order valence-corrected chi connectivity index (χ0v) is 5.07. The lowest BCUT2D eigenvalue weighted by atomic mass is 10.3. The molecule has 2 heterocycles. The molecular weight excluding hydrogens is 128 g/mol. The molecule has 0 aliphatic carbocycles. The molecule has 0 unspecified atom stereocenters. The smallest absolute Gasteiger partial charge is 0.131 e. The maximum atomic E-state index is 6.91. The summed E-state index contributed by atoms with van der Waals surface area (Å²) in [4.78, 5) is 3.97. The van der Waals surface area contributed by atoms with Crippen molar-refractivity contribution in [3.8, 4) is 0 Å². The highest BCUT2D eigenvalue weighted by atomic mass is 15.2. The third kappa shape index (κ3) is 0.500. The molecule has 0 aromatic rings. The van der Waals surface area contributed by atoms with E-state index in [2.05, 4.69) is 15.2 Å². The van der Waals surface area contributed by atoms with Crippen molar-refractivity contribution in [3.05, 3.63) is 23.2 Å². The first-order valence-corrected chi connectivity index (χ1v) is 2.83. The maximum absolute atomic E-state index is 6.91. The van der Waals surface area contributed by atoms with Gasteiger partial charge in [-0.2, -0.15) is 0 Å². The van der Waals surface area contributed by atoms with Crippen LogP contribution in [0.1, 0.15) is 0 Å². The van der Waals surface area contributed by atoms with Gasteiger partial charge in [0.05, 0.1) is 0 Å². The molecule has 0 saturated heterocycles. The van der Waals surface area contributed by atoms with Crippen LogP contribution in [-0.4, -0.2) is 12.4 Å². The lowest BCUT2D eigenvalue weighted by Gasteiger charge is -1.85. The van der Waals surface area contributed by atoms with Gasteiger partial charge in [-0.1, -0.05) is 0 Å². The van der Waals surface area contributed by atoms with E-state index in [9.17, 15) is 0 Å². The predicted octanol–water partition coefficient (Wildman–Crippen LogP) is 1.28. The fraction of sp³-hybridized carbons (Fsp3) is 0. The second kappa shape index (κ2) is 1.70. The van der Waals surface area contributed by atoms with Gasteiger partial charge < -0.3 is 5.41 Å². The highest BCUT2D eigenvalue weighted by Gasteiger charge is 2.17. The van der Waals surface area contributed by atoms with Crippen molar-refractivity contribution in [3.63, 3.8) is 0 Å². The molecule has 10 heavy (non-hydrogen) atoms. The lowest BCUT2D eigenvalue weighted by Crippen LogP contribution is -1.79. The minimum absolute atomic E-state index is 0.542.